The van der Waals surface area contributed by atoms with E-state index >= 15 is 0 Å². The minimum atomic E-state index is -1.14. The van der Waals surface area contributed by atoms with Gasteiger partial charge in [-0.05, 0) is 43.5 Å². The fourth-order valence-electron chi connectivity index (χ4n) is 4.78. The number of nitrogens with zero attached hydrogens (tertiary/aromatic N) is 3. The van der Waals surface area contributed by atoms with Crippen LogP contribution in [-0.2, 0) is 14.3 Å². The number of carbonyl (C=O) groups excluding carboxylic acids is 2. The number of fused-ring (bicyclic) bond motifs is 3. The monoisotopic (exact) mass is 495 g/mol. The summed E-state index contributed by atoms with van der Waals surface area (Å²) in [6.07, 6.45) is 0.759. The number of aromatic nitrogens is 2. The highest BCUT2D eigenvalue weighted by Gasteiger charge is 2.49. The van der Waals surface area contributed by atoms with Crippen LogP contribution in [0.5, 0.6) is 17.2 Å². The number of para-hydroxylation sites is 2. The van der Waals surface area contributed by atoms with Crippen LogP contribution in [0.15, 0.2) is 36.4 Å². The third-order valence-electron chi connectivity index (χ3n) is 6.47. The number of esters is 1. The molecule has 0 saturated heterocycles. The molecule has 1 aromatic heterocycles. The molecule has 9 heteroatoms. The highest BCUT2D eigenvalue weighted by Crippen LogP contribution is 2.49. The van der Waals surface area contributed by atoms with Crippen LogP contribution in [-0.4, -0.2) is 55.9 Å². The van der Waals surface area contributed by atoms with E-state index in [0.717, 1.165) is 17.5 Å². The summed E-state index contributed by atoms with van der Waals surface area (Å²) < 4.78 is 24.2. The normalized spacial score (nSPS) is 17.3. The molecular weight excluding hydrogens is 462 g/mol. The maximum absolute atomic E-state index is 14.0. The second kappa shape index (κ2) is 10.5. The van der Waals surface area contributed by atoms with E-state index in [2.05, 4.69) is 13.8 Å². The highest BCUT2D eigenvalue weighted by atomic mass is 16.5. The van der Waals surface area contributed by atoms with E-state index in [9.17, 15) is 9.59 Å². The molecule has 1 amide bonds. The summed E-state index contributed by atoms with van der Waals surface area (Å²) in [6.45, 7) is 6.51. The number of anilines is 1. The molecule has 1 aliphatic rings. The predicted octanol–water partition coefficient (Wildman–Crippen LogP) is 4.22. The Bertz CT molecular complexity index is 1270. The lowest BCUT2D eigenvalue weighted by Crippen LogP contribution is -2.50. The van der Waals surface area contributed by atoms with Gasteiger partial charge in [0.1, 0.15) is 0 Å². The quantitative estimate of drug-likeness (QED) is 0.324. The molecule has 0 aliphatic carbocycles. The average molecular weight is 496 g/mol. The van der Waals surface area contributed by atoms with Gasteiger partial charge in [0.05, 0.1) is 45.0 Å². The molecule has 0 spiro atoms. The van der Waals surface area contributed by atoms with Gasteiger partial charge in [-0.2, -0.15) is 0 Å². The number of rotatable bonds is 9. The zero-order chi connectivity index (χ0) is 26.0. The maximum atomic E-state index is 14.0. The van der Waals surface area contributed by atoms with Gasteiger partial charge < -0.3 is 23.5 Å². The molecule has 192 valence electrons. The summed E-state index contributed by atoms with van der Waals surface area (Å²) in [7, 11) is 4.58. The largest absolute Gasteiger partial charge is 0.493 e. The smallest absolute Gasteiger partial charge is 0.321 e. The Morgan fingerprint density at radius 3 is 2.39 bits per heavy atom. The van der Waals surface area contributed by atoms with E-state index in [1.807, 2.05) is 28.8 Å². The number of carbonyl (C=O) groups is 2. The van der Waals surface area contributed by atoms with E-state index in [4.69, 9.17) is 23.9 Å². The van der Waals surface area contributed by atoms with Gasteiger partial charge >= 0.3 is 5.97 Å². The van der Waals surface area contributed by atoms with Crippen molar-refractivity contribution in [2.45, 2.75) is 33.2 Å². The van der Waals surface area contributed by atoms with Crippen LogP contribution < -0.4 is 19.1 Å². The Morgan fingerprint density at radius 1 is 1.03 bits per heavy atom. The van der Waals surface area contributed by atoms with Crippen molar-refractivity contribution >= 4 is 28.9 Å². The zero-order valence-electron chi connectivity index (χ0n) is 21.6. The first-order valence-electron chi connectivity index (χ1n) is 12.1. The molecule has 2 heterocycles. The van der Waals surface area contributed by atoms with Gasteiger partial charge in [0.25, 0.3) is 0 Å². The van der Waals surface area contributed by atoms with E-state index in [1.165, 1.54) is 21.3 Å². The Labute approximate surface area is 210 Å². The molecule has 4 rings (SSSR count). The number of methoxy groups -OCH3 is 3. The standard InChI is InChI=1S/C27H33N3O6/c1-7-36-26(32)21-22(17-12-13-20(33-4)24(35-6)23(17)34-5)30-19-11-9-8-10-18(19)28-27(30)29(25(21)31)15-14-16(2)3/h8-13,16,21-22H,7,14-15H2,1-6H3/t21-,22-/m1/s1. The molecule has 3 aromatic rings. The first-order chi connectivity index (χ1) is 17.4. The highest BCUT2D eigenvalue weighted by molar-refractivity contribution is 6.08. The fraction of sp³-hybridized carbons (Fsp3) is 0.444. The van der Waals surface area contributed by atoms with Crippen molar-refractivity contribution in [1.82, 2.24) is 9.55 Å². The molecule has 1 aliphatic heterocycles. The number of imidazole rings is 1. The summed E-state index contributed by atoms with van der Waals surface area (Å²) in [5.41, 5.74) is 2.11. The molecule has 0 saturated carbocycles. The average Bonchev–Trinajstić information content (AvgIpc) is 3.25. The SMILES string of the molecule is CCOC(=O)[C@H]1C(=O)N(CCC(C)C)c2nc3ccccc3n2[C@@H]1c1ccc(OC)c(OC)c1OC. The minimum Gasteiger partial charge on any atom is -0.493 e. The number of ether oxygens (including phenoxy) is 4. The molecule has 0 bridgehead atoms. The third kappa shape index (κ3) is 4.23. The molecular formula is C27H33N3O6. The Kier molecular flexibility index (Phi) is 7.37. The van der Waals surface area contributed by atoms with Gasteiger partial charge in [-0.1, -0.05) is 26.0 Å². The number of hydrogen-bond donors (Lipinski definition) is 0. The van der Waals surface area contributed by atoms with Crippen LogP contribution in [0.3, 0.4) is 0 Å². The van der Waals surface area contributed by atoms with Crippen molar-refractivity contribution < 1.29 is 28.5 Å². The van der Waals surface area contributed by atoms with Crippen LogP contribution in [0.1, 0.15) is 38.8 Å². The topological polar surface area (TPSA) is 92.1 Å². The van der Waals surface area contributed by atoms with Crippen molar-refractivity contribution in [3.05, 3.63) is 42.0 Å². The van der Waals surface area contributed by atoms with Crippen LogP contribution in [0.25, 0.3) is 11.0 Å². The molecule has 0 radical (unpaired) electrons. The van der Waals surface area contributed by atoms with Crippen molar-refractivity contribution in [2.75, 3.05) is 39.4 Å². The van der Waals surface area contributed by atoms with Crippen molar-refractivity contribution in [3.8, 4) is 17.2 Å². The van der Waals surface area contributed by atoms with Gasteiger partial charge in [-0.25, -0.2) is 4.98 Å². The summed E-state index contributed by atoms with van der Waals surface area (Å²) in [4.78, 5) is 33.9. The Morgan fingerprint density at radius 2 is 1.75 bits per heavy atom. The van der Waals surface area contributed by atoms with Crippen LogP contribution in [0.4, 0.5) is 5.95 Å². The Hall–Kier alpha value is -3.75. The number of benzene rings is 2. The molecule has 2 aromatic carbocycles. The maximum Gasteiger partial charge on any atom is 0.321 e. The van der Waals surface area contributed by atoms with Gasteiger partial charge in [0.15, 0.2) is 17.4 Å². The van der Waals surface area contributed by atoms with E-state index in [1.54, 1.807) is 24.0 Å². The van der Waals surface area contributed by atoms with Crippen molar-refractivity contribution in [2.24, 2.45) is 11.8 Å². The van der Waals surface area contributed by atoms with Gasteiger partial charge in [-0.3, -0.25) is 14.5 Å². The predicted molar refractivity (Wildman–Crippen MR) is 136 cm³/mol. The van der Waals surface area contributed by atoms with Crippen molar-refractivity contribution in [1.29, 1.82) is 0 Å². The zero-order valence-corrected chi connectivity index (χ0v) is 21.6. The first-order valence-corrected chi connectivity index (χ1v) is 12.1. The molecule has 2 atom stereocenters. The lowest BCUT2D eigenvalue weighted by molar-refractivity contribution is -0.153. The lowest BCUT2D eigenvalue weighted by atomic mass is 9.88. The van der Waals surface area contributed by atoms with E-state index in [-0.39, 0.29) is 12.5 Å². The first kappa shape index (κ1) is 25.3. The molecule has 36 heavy (non-hydrogen) atoms. The van der Waals surface area contributed by atoms with Crippen molar-refractivity contribution in [3.63, 3.8) is 0 Å². The third-order valence-corrected chi connectivity index (χ3v) is 6.47. The fourth-order valence-corrected chi connectivity index (χ4v) is 4.78. The second-order valence-corrected chi connectivity index (χ2v) is 9.04. The van der Waals surface area contributed by atoms with Gasteiger partial charge in [-0.15, -0.1) is 0 Å². The molecule has 9 nitrogen and oxygen atoms in total. The summed E-state index contributed by atoms with van der Waals surface area (Å²) in [6, 6.07) is 10.4. The lowest BCUT2D eigenvalue weighted by Gasteiger charge is -2.38. The van der Waals surface area contributed by atoms with Crippen LogP contribution in [0.2, 0.25) is 0 Å². The minimum absolute atomic E-state index is 0.155. The van der Waals surface area contributed by atoms with Crippen LogP contribution >= 0.6 is 0 Å². The molecule has 0 unspecified atom stereocenters. The van der Waals surface area contributed by atoms with Crippen LogP contribution in [0, 0.1) is 11.8 Å². The summed E-state index contributed by atoms with van der Waals surface area (Å²) in [5, 5.41) is 0. The summed E-state index contributed by atoms with van der Waals surface area (Å²) in [5.74, 6) is -0.00822. The number of hydrogen-bond acceptors (Lipinski definition) is 7. The number of amides is 1. The van der Waals surface area contributed by atoms with Gasteiger partial charge in [0.2, 0.25) is 17.6 Å². The second-order valence-electron chi connectivity index (χ2n) is 9.04. The van der Waals surface area contributed by atoms with E-state index < -0.39 is 17.9 Å². The Balaban J connectivity index is 2.04. The summed E-state index contributed by atoms with van der Waals surface area (Å²) >= 11 is 0. The molecule has 0 fully saturated rings. The molecule has 0 N–H and O–H groups in total. The van der Waals surface area contributed by atoms with Gasteiger partial charge in [0, 0.05) is 12.1 Å². The van der Waals surface area contributed by atoms with E-state index in [0.29, 0.717) is 41.2 Å².